The molecule has 0 saturated carbocycles. The minimum Gasteiger partial charge on any atom is -0.464 e. The first kappa shape index (κ1) is 13.7. The molecule has 0 spiro atoms. The monoisotopic (exact) mass is 350 g/mol. The number of halogens is 2. The van der Waals surface area contributed by atoms with Crippen LogP contribution in [-0.2, 0) is 6.42 Å². The van der Waals surface area contributed by atoms with Crippen LogP contribution in [0.2, 0.25) is 5.02 Å². The van der Waals surface area contributed by atoms with Gasteiger partial charge >= 0.3 is 0 Å². The molecule has 1 unspecified atom stereocenters. The zero-order chi connectivity index (χ0) is 14.1. The van der Waals surface area contributed by atoms with E-state index in [0.717, 1.165) is 26.6 Å². The molecule has 2 nitrogen and oxygen atoms in total. The Morgan fingerprint density at radius 3 is 2.80 bits per heavy atom. The zero-order valence-electron chi connectivity index (χ0n) is 10.5. The van der Waals surface area contributed by atoms with Crippen LogP contribution in [0, 0.1) is 0 Å². The molecule has 0 saturated heterocycles. The highest BCUT2D eigenvalue weighted by Crippen LogP contribution is 2.30. The molecule has 3 aromatic rings. The van der Waals surface area contributed by atoms with Gasteiger partial charge in [0.2, 0.25) is 0 Å². The van der Waals surface area contributed by atoms with Gasteiger partial charge in [0.05, 0.1) is 12.4 Å². The van der Waals surface area contributed by atoms with E-state index < -0.39 is 6.10 Å². The largest absolute Gasteiger partial charge is 0.464 e. The first-order chi connectivity index (χ1) is 9.65. The molecule has 1 atom stereocenters. The molecule has 0 radical (unpaired) electrons. The van der Waals surface area contributed by atoms with Crippen LogP contribution < -0.4 is 0 Å². The van der Waals surface area contributed by atoms with Crippen molar-refractivity contribution in [2.24, 2.45) is 0 Å². The molecule has 0 fully saturated rings. The van der Waals surface area contributed by atoms with Crippen LogP contribution in [0.3, 0.4) is 0 Å². The van der Waals surface area contributed by atoms with Gasteiger partial charge in [-0.3, -0.25) is 0 Å². The standard InChI is InChI=1S/C16H12BrClO2/c17-11-6-5-10(14(18)8-11)7-15(19)13-9-20-16-4-2-1-3-12(13)16/h1-6,8-9,15,19H,7H2. The van der Waals surface area contributed by atoms with Crippen molar-refractivity contribution in [2.45, 2.75) is 12.5 Å². The quantitative estimate of drug-likeness (QED) is 0.710. The molecule has 20 heavy (non-hydrogen) atoms. The lowest BCUT2D eigenvalue weighted by molar-refractivity contribution is 0.179. The van der Waals surface area contributed by atoms with E-state index in [1.165, 1.54) is 0 Å². The first-order valence-electron chi connectivity index (χ1n) is 6.23. The lowest BCUT2D eigenvalue weighted by Crippen LogP contribution is -2.01. The van der Waals surface area contributed by atoms with Crippen LogP contribution in [0.4, 0.5) is 0 Å². The predicted molar refractivity (Wildman–Crippen MR) is 84.0 cm³/mol. The summed E-state index contributed by atoms with van der Waals surface area (Å²) in [4.78, 5) is 0. The lowest BCUT2D eigenvalue weighted by Gasteiger charge is -2.11. The number of hydrogen-bond donors (Lipinski definition) is 1. The molecule has 0 bridgehead atoms. The second-order valence-electron chi connectivity index (χ2n) is 4.64. The highest BCUT2D eigenvalue weighted by atomic mass is 79.9. The SMILES string of the molecule is OC(Cc1ccc(Br)cc1Cl)c1coc2ccccc12. The van der Waals surface area contributed by atoms with E-state index >= 15 is 0 Å². The van der Waals surface area contributed by atoms with Crippen LogP contribution in [0.15, 0.2) is 57.6 Å². The van der Waals surface area contributed by atoms with E-state index in [9.17, 15) is 5.11 Å². The molecule has 0 amide bonds. The number of aliphatic hydroxyl groups is 1. The van der Waals surface area contributed by atoms with Gasteiger partial charge in [0.1, 0.15) is 5.58 Å². The fourth-order valence-corrected chi connectivity index (χ4v) is 3.01. The molecule has 2 aromatic carbocycles. The summed E-state index contributed by atoms with van der Waals surface area (Å²) in [6.07, 6.45) is 1.43. The van der Waals surface area contributed by atoms with Crippen molar-refractivity contribution >= 4 is 38.5 Å². The van der Waals surface area contributed by atoms with Gasteiger partial charge in [-0.1, -0.05) is 51.8 Å². The van der Waals surface area contributed by atoms with E-state index in [1.807, 2.05) is 42.5 Å². The van der Waals surface area contributed by atoms with Crippen LogP contribution in [-0.4, -0.2) is 5.11 Å². The molecular formula is C16H12BrClO2. The van der Waals surface area contributed by atoms with E-state index in [1.54, 1.807) is 6.26 Å². The van der Waals surface area contributed by atoms with Gasteiger partial charge in [-0.05, 0) is 23.8 Å². The lowest BCUT2D eigenvalue weighted by atomic mass is 10.0. The van der Waals surface area contributed by atoms with Gasteiger partial charge in [0.15, 0.2) is 0 Å². The van der Waals surface area contributed by atoms with Crippen molar-refractivity contribution in [1.29, 1.82) is 0 Å². The maximum absolute atomic E-state index is 10.4. The molecule has 0 aliphatic carbocycles. The second kappa shape index (κ2) is 5.60. The Hall–Kier alpha value is -1.29. The maximum atomic E-state index is 10.4. The second-order valence-corrected chi connectivity index (χ2v) is 5.97. The van der Waals surface area contributed by atoms with E-state index in [4.69, 9.17) is 16.0 Å². The third-order valence-electron chi connectivity index (χ3n) is 3.30. The van der Waals surface area contributed by atoms with Gasteiger partial charge in [0.25, 0.3) is 0 Å². The average molecular weight is 352 g/mol. The first-order valence-corrected chi connectivity index (χ1v) is 7.40. The molecule has 102 valence electrons. The summed E-state index contributed by atoms with van der Waals surface area (Å²) in [6, 6.07) is 13.3. The summed E-state index contributed by atoms with van der Waals surface area (Å²) >= 11 is 9.56. The third-order valence-corrected chi connectivity index (χ3v) is 4.14. The fraction of sp³-hybridized carbons (Fsp3) is 0.125. The topological polar surface area (TPSA) is 33.4 Å². The normalized spacial score (nSPS) is 12.8. The number of rotatable bonds is 3. The van der Waals surface area contributed by atoms with Crippen molar-refractivity contribution in [3.63, 3.8) is 0 Å². The van der Waals surface area contributed by atoms with Gasteiger partial charge in [-0.25, -0.2) is 0 Å². The molecule has 1 N–H and O–H groups in total. The van der Waals surface area contributed by atoms with Crippen LogP contribution in [0.1, 0.15) is 17.2 Å². The Labute approximate surface area is 130 Å². The van der Waals surface area contributed by atoms with Crippen molar-refractivity contribution in [3.05, 3.63) is 69.3 Å². The Balaban J connectivity index is 1.91. The number of furan rings is 1. The van der Waals surface area contributed by atoms with Gasteiger partial charge in [-0.15, -0.1) is 0 Å². The molecule has 3 rings (SSSR count). The third kappa shape index (κ3) is 2.62. The summed E-state index contributed by atoms with van der Waals surface area (Å²) in [5, 5.41) is 12.0. The summed E-state index contributed by atoms with van der Waals surface area (Å²) in [7, 11) is 0. The van der Waals surface area contributed by atoms with Crippen molar-refractivity contribution in [3.8, 4) is 0 Å². The maximum Gasteiger partial charge on any atom is 0.134 e. The smallest absolute Gasteiger partial charge is 0.134 e. The Morgan fingerprint density at radius 1 is 1.20 bits per heavy atom. The fourth-order valence-electron chi connectivity index (χ4n) is 2.26. The molecule has 4 heteroatoms. The highest BCUT2D eigenvalue weighted by Gasteiger charge is 2.16. The van der Waals surface area contributed by atoms with Crippen molar-refractivity contribution in [2.75, 3.05) is 0 Å². The number of aliphatic hydroxyl groups excluding tert-OH is 1. The van der Waals surface area contributed by atoms with Crippen LogP contribution in [0.5, 0.6) is 0 Å². The van der Waals surface area contributed by atoms with Crippen LogP contribution >= 0.6 is 27.5 Å². The Bertz CT molecular complexity index is 751. The highest BCUT2D eigenvalue weighted by molar-refractivity contribution is 9.10. The predicted octanol–water partition coefficient (Wildman–Crippen LogP) is 5.12. The Morgan fingerprint density at radius 2 is 2.00 bits per heavy atom. The number of hydrogen-bond acceptors (Lipinski definition) is 2. The number of fused-ring (bicyclic) bond motifs is 1. The Kier molecular flexibility index (Phi) is 3.83. The van der Waals surface area contributed by atoms with E-state index in [2.05, 4.69) is 15.9 Å². The summed E-state index contributed by atoms with van der Waals surface area (Å²) in [5.74, 6) is 0. The zero-order valence-corrected chi connectivity index (χ0v) is 12.9. The number of benzene rings is 2. The number of para-hydroxylation sites is 1. The van der Waals surface area contributed by atoms with Gasteiger partial charge < -0.3 is 9.52 Å². The molecule has 1 heterocycles. The minimum absolute atomic E-state index is 0.454. The molecule has 0 aliphatic heterocycles. The van der Waals surface area contributed by atoms with E-state index in [0.29, 0.717) is 11.4 Å². The van der Waals surface area contributed by atoms with Crippen molar-refractivity contribution < 1.29 is 9.52 Å². The summed E-state index contributed by atoms with van der Waals surface area (Å²) in [5.41, 5.74) is 2.48. The van der Waals surface area contributed by atoms with Gasteiger partial charge in [-0.2, -0.15) is 0 Å². The average Bonchev–Trinajstić information content (AvgIpc) is 2.86. The molecule has 0 aliphatic rings. The minimum atomic E-state index is -0.641. The van der Waals surface area contributed by atoms with Crippen molar-refractivity contribution in [1.82, 2.24) is 0 Å². The summed E-state index contributed by atoms with van der Waals surface area (Å²) < 4.78 is 6.38. The van der Waals surface area contributed by atoms with E-state index in [-0.39, 0.29) is 0 Å². The summed E-state index contributed by atoms with van der Waals surface area (Å²) in [6.45, 7) is 0. The van der Waals surface area contributed by atoms with Crippen LogP contribution in [0.25, 0.3) is 11.0 Å². The molecule has 1 aromatic heterocycles. The van der Waals surface area contributed by atoms with Gasteiger partial charge in [0, 0.05) is 26.9 Å². The molecular weight excluding hydrogens is 340 g/mol.